The van der Waals surface area contributed by atoms with Gasteiger partial charge in [0.15, 0.2) is 0 Å². The number of benzene rings is 1. The lowest BCUT2D eigenvalue weighted by Gasteiger charge is -2.33. The molecule has 2 fully saturated rings. The van der Waals surface area contributed by atoms with Crippen molar-refractivity contribution in [1.82, 2.24) is 9.80 Å². The predicted molar refractivity (Wildman–Crippen MR) is 70.8 cm³/mol. The Labute approximate surface area is 112 Å². The molecule has 1 aromatic carbocycles. The van der Waals surface area contributed by atoms with Gasteiger partial charge in [0, 0.05) is 13.1 Å². The Hall–Kier alpha value is -1.55. The molecule has 19 heavy (non-hydrogen) atoms. The minimum atomic E-state index is 0.201. The van der Waals surface area contributed by atoms with Crippen molar-refractivity contribution >= 4 is 6.03 Å². The Morgan fingerprint density at radius 1 is 1.05 bits per heavy atom. The van der Waals surface area contributed by atoms with E-state index in [9.17, 15) is 4.79 Å². The summed E-state index contributed by atoms with van der Waals surface area (Å²) < 4.78 is 5.33. The van der Waals surface area contributed by atoms with Gasteiger partial charge in [-0.15, -0.1) is 0 Å². The molecule has 0 aromatic heterocycles. The molecule has 3 aliphatic rings. The van der Waals surface area contributed by atoms with E-state index >= 15 is 0 Å². The first-order valence-corrected chi connectivity index (χ1v) is 7.10. The molecule has 4 heteroatoms. The van der Waals surface area contributed by atoms with E-state index in [4.69, 9.17) is 4.74 Å². The highest BCUT2D eigenvalue weighted by atomic mass is 16.5. The Kier molecular flexibility index (Phi) is 2.52. The van der Waals surface area contributed by atoms with E-state index in [2.05, 4.69) is 29.2 Å². The van der Waals surface area contributed by atoms with Gasteiger partial charge in [0.25, 0.3) is 0 Å². The zero-order valence-electron chi connectivity index (χ0n) is 10.9. The SMILES string of the molecule is O=C(N1CCOCC1)N1[C@H]2CC[C@H]1c1ccccc12. The van der Waals surface area contributed by atoms with Crippen molar-refractivity contribution in [3.8, 4) is 0 Å². The summed E-state index contributed by atoms with van der Waals surface area (Å²) in [5, 5.41) is 0. The van der Waals surface area contributed by atoms with Crippen LogP contribution >= 0.6 is 0 Å². The number of carbonyl (C=O) groups excluding carboxylic acids is 1. The van der Waals surface area contributed by atoms with Crippen molar-refractivity contribution in [1.29, 1.82) is 0 Å². The number of rotatable bonds is 0. The number of urea groups is 1. The molecule has 0 spiro atoms. The van der Waals surface area contributed by atoms with Crippen molar-refractivity contribution in [3.05, 3.63) is 35.4 Å². The number of hydrogen-bond acceptors (Lipinski definition) is 2. The molecule has 2 bridgehead atoms. The van der Waals surface area contributed by atoms with Crippen LogP contribution in [0.2, 0.25) is 0 Å². The number of ether oxygens (including phenoxy) is 1. The number of morpholine rings is 1. The second-order valence-electron chi connectivity index (χ2n) is 5.53. The molecule has 0 unspecified atom stereocenters. The third kappa shape index (κ3) is 1.59. The monoisotopic (exact) mass is 258 g/mol. The first-order valence-electron chi connectivity index (χ1n) is 7.10. The molecule has 0 aliphatic carbocycles. The van der Waals surface area contributed by atoms with Gasteiger partial charge in [-0.1, -0.05) is 24.3 Å². The van der Waals surface area contributed by atoms with Crippen LogP contribution in [-0.4, -0.2) is 42.1 Å². The lowest BCUT2D eigenvalue weighted by molar-refractivity contribution is 0.0400. The van der Waals surface area contributed by atoms with Crippen LogP contribution in [0.15, 0.2) is 24.3 Å². The van der Waals surface area contributed by atoms with Gasteiger partial charge in [0.2, 0.25) is 0 Å². The first kappa shape index (κ1) is 11.3. The van der Waals surface area contributed by atoms with Crippen LogP contribution < -0.4 is 0 Å². The van der Waals surface area contributed by atoms with Gasteiger partial charge in [0.05, 0.1) is 25.3 Å². The maximum absolute atomic E-state index is 12.7. The third-order valence-corrected chi connectivity index (χ3v) is 4.60. The summed E-state index contributed by atoms with van der Waals surface area (Å²) in [6, 6.07) is 9.32. The van der Waals surface area contributed by atoms with Crippen molar-refractivity contribution in [2.24, 2.45) is 0 Å². The lowest BCUT2D eigenvalue weighted by Crippen LogP contribution is -2.47. The summed E-state index contributed by atoms with van der Waals surface area (Å²) in [5.74, 6) is 0. The minimum Gasteiger partial charge on any atom is -0.378 e. The average Bonchev–Trinajstić information content (AvgIpc) is 3.04. The van der Waals surface area contributed by atoms with E-state index in [1.165, 1.54) is 11.1 Å². The molecule has 0 N–H and O–H groups in total. The largest absolute Gasteiger partial charge is 0.378 e. The van der Waals surface area contributed by atoms with Crippen molar-refractivity contribution < 1.29 is 9.53 Å². The molecule has 1 aromatic rings. The normalized spacial score (nSPS) is 28.6. The molecule has 4 nitrogen and oxygen atoms in total. The number of nitrogens with zero attached hydrogens (tertiary/aromatic N) is 2. The Morgan fingerprint density at radius 2 is 1.63 bits per heavy atom. The lowest BCUT2D eigenvalue weighted by atomic mass is 9.92. The van der Waals surface area contributed by atoms with Crippen molar-refractivity contribution in [2.45, 2.75) is 24.9 Å². The Bertz CT molecular complexity index is 480. The van der Waals surface area contributed by atoms with Crippen LogP contribution in [0.3, 0.4) is 0 Å². The highest BCUT2D eigenvalue weighted by Crippen LogP contribution is 2.53. The number of carbonyl (C=O) groups is 1. The van der Waals surface area contributed by atoms with Crippen LogP contribution in [0, 0.1) is 0 Å². The van der Waals surface area contributed by atoms with Gasteiger partial charge in [-0.25, -0.2) is 4.79 Å². The third-order valence-electron chi connectivity index (χ3n) is 4.60. The van der Waals surface area contributed by atoms with E-state index in [0.717, 1.165) is 25.9 Å². The maximum Gasteiger partial charge on any atom is 0.321 e. The van der Waals surface area contributed by atoms with Crippen LogP contribution in [0.25, 0.3) is 0 Å². The van der Waals surface area contributed by atoms with E-state index in [1.807, 2.05) is 4.90 Å². The molecule has 100 valence electrons. The molecule has 0 saturated carbocycles. The van der Waals surface area contributed by atoms with Crippen molar-refractivity contribution in [2.75, 3.05) is 26.3 Å². The van der Waals surface area contributed by atoms with Gasteiger partial charge in [-0.05, 0) is 24.0 Å². The average molecular weight is 258 g/mol. The second-order valence-corrected chi connectivity index (χ2v) is 5.53. The Morgan fingerprint density at radius 3 is 2.21 bits per heavy atom. The summed E-state index contributed by atoms with van der Waals surface area (Å²) in [7, 11) is 0. The summed E-state index contributed by atoms with van der Waals surface area (Å²) in [6.45, 7) is 2.79. The summed E-state index contributed by atoms with van der Waals surface area (Å²) >= 11 is 0. The van der Waals surface area contributed by atoms with E-state index in [1.54, 1.807) is 0 Å². The van der Waals surface area contributed by atoms with Gasteiger partial charge < -0.3 is 14.5 Å². The Balaban J connectivity index is 1.62. The standard InChI is InChI=1S/C15H18N2O2/c18-15(16-7-9-19-10-8-16)17-13-5-6-14(17)12-4-2-1-3-11(12)13/h1-4,13-14H,5-10H2/t13-,14-/m0/s1. The minimum absolute atomic E-state index is 0.201. The fourth-order valence-corrected chi connectivity index (χ4v) is 3.72. The topological polar surface area (TPSA) is 32.8 Å². The summed E-state index contributed by atoms with van der Waals surface area (Å²) in [4.78, 5) is 16.8. The summed E-state index contributed by atoms with van der Waals surface area (Å²) in [6.07, 6.45) is 2.22. The molecular weight excluding hydrogens is 240 g/mol. The molecule has 0 radical (unpaired) electrons. The molecule has 2 saturated heterocycles. The van der Waals surface area contributed by atoms with E-state index < -0.39 is 0 Å². The summed E-state index contributed by atoms with van der Waals surface area (Å²) in [5.41, 5.74) is 2.72. The van der Waals surface area contributed by atoms with Crippen LogP contribution in [-0.2, 0) is 4.74 Å². The quantitative estimate of drug-likeness (QED) is 0.715. The van der Waals surface area contributed by atoms with Crippen LogP contribution in [0.5, 0.6) is 0 Å². The van der Waals surface area contributed by atoms with Gasteiger partial charge in [-0.3, -0.25) is 0 Å². The first-order chi connectivity index (χ1) is 9.36. The number of hydrogen-bond donors (Lipinski definition) is 0. The molecule has 3 aliphatic heterocycles. The number of fused-ring (bicyclic) bond motifs is 5. The second kappa shape index (κ2) is 4.23. The zero-order chi connectivity index (χ0) is 12.8. The predicted octanol–water partition coefficient (Wildman–Crippen LogP) is 2.33. The molecule has 2 atom stereocenters. The smallest absolute Gasteiger partial charge is 0.321 e. The molecule has 2 amide bonds. The van der Waals surface area contributed by atoms with Crippen LogP contribution in [0.1, 0.15) is 36.1 Å². The zero-order valence-corrected chi connectivity index (χ0v) is 10.9. The van der Waals surface area contributed by atoms with Crippen molar-refractivity contribution in [3.63, 3.8) is 0 Å². The van der Waals surface area contributed by atoms with E-state index in [-0.39, 0.29) is 6.03 Å². The van der Waals surface area contributed by atoms with E-state index in [0.29, 0.717) is 25.3 Å². The van der Waals surface area contributed by atoms with Gasteiger partial charge in [0.1, 0.15) is 0 Å². The number of amides is 2. The molecule has 4 rings (SSSR count). The molecular formula is C15H18N2O2. The maximum atomic E-state index is 12.7. The highest BCUT2D eigenvalue weighted by Gasteiger charge is 2.47. The fourth-order valence-electron chi connectivity index (χ4n) is 3.72. The fraction of sp³-hybridized carbons (Fsp3) is 0.533. The molecule has 3 heterocycles. The van der Waals surface area contributed by atoms with Crippen LogP contribution in [0.4, 0.5) is 4.79 Å². The van der Waals surface area contributed by atoms with Gasteiger partial charge in [-0.2, -0.15) is 0 Å². The highest BCUT2D eigenvalue weighted by molar-refractivity contribution is 5.77. The van der Waals surface area contributed by atoms with Gasteiger partial charge >= 0.3 is 6.03 Å².